The number of carbonyl (C=O) groups excluding carboxylic acids is 1. The fraction of sp³-hybridized carbons (Fsp3) is 0.462. The van der Waals surface area contributed by atoms with Gasteiger partial charge in [-0.1, -0.05) is 26.8 Å². The third-order valence-electron chi connectivity index (χ3n) is 2.65. The maximum Gasteiger partial charge on any atom is 0.241 e. The lowest BCUT2D eigenvalue weighted by molar-refractivity contribution is -0.119. The fourth-order valence-corrected chi connectivity index (χ4v) is 1.80. The largest absolute Gasteiger partial charge is 0.325 e. The van der Waals surface area contributed by atoms with Gasteiger partial charge in [-0.3, -0.25) is 4.79 Å². The van der Waals surface area contributed by atoms with Gasteiger partial charge in [0.15, 0.2) is 0 Å². The minimum absolute atomic E-state index is 0.142. The van der Waals surface area contributed by atoms with Gasteiger partial charge in [0.25, 0.3) is 0 Å². The van der Waals surface area contributed by atoms with E-state index in [2.05, 4.69) is 27.9 Å². The zero-order chi connectivity index (χ0) is 13.2. The molecule has 0 bridgehead atoms. The summed E-state index contributed by atoms with van der Waals surface area (Å²) in [7, 11) is 0. The molecule has 0 aromatic heterocycles. The van der Waals surface area contributed by atoms with E-state index in [-0.39, 0.29) is 11.3 Å². The molecule has 17 heavy (non-hydrogen) atoms. The predicted octanol–water partition coefficient (Wildman–Crippen LogP) is 2.91. The van der Waals surface area contributed by atoms with Gasteiger partial charge in [0, 0.05) is 9.26 Å². The molecule has 0 aliphatic heterocycles. The first-order valence-corrected chi connectivity index (χ1v) is 6.62. The molecule has 3 N–H and O–H groups in total. The van der Waals surface area contributed by atoms with Crippen LogP contribution in [0.4, 0.5) is 5.69 Å². The Morgan fingerprint density at radius 1 is 1.41 bits per heavy atom. The lowest BCUT2D eigenvalue weighted by atomic mass is 9.87. The molecule has 1 aromatic carbocycles. The second-order valence-electron chi connectivity index (χ2n) is 5.30. The van der Waals surface area contributed by atoms with E-state index in [9.17, 15) is 4.79 Å². The van der Waals surface area contributed by atoms with E-state index in [1.54, 1.807) is 0 Å². The molecule has 0 saturated carbocycles. The smallest absolute Gasteiger partial charge is 0.241 e. The zero-order valence-corrected chi connectivity index (χ0v) is 12.8. The third kappa shape index (κ3) is 3.96. The molecule has 0 heterocycles. The van der Waals surface area contributed by atoms with Gasteiger partial charge in [0.1, 0.15) is 0 Å². The van der Waals surface area contributed by atoms with Gasteiger partial charge < -0.3 is 11.1 Å². The summed E-state index contributed by atoms with van der Waals surface area (Å²) in [6.07, 6.45) is 0. The van der Waals surface area contributed by atoms with Crippen LogP contribution in [-0.2, 0) is 4.79 Å². The molecular formula is C13H19IN2O. The average molecular weight is 346 g/mol. The molecule has 0 radical (unpaired) electrons. The van der Waals surface area contributed by atoms with Gasteiger partial charge >= 0.3 is 0 Å². The van der Waals surface area contributed by atoms with Gasteiger partial charge in [-0.25, -0.2) is 0 Å². The number of benzene rings is 1. The Balaban J connectivity index is 2.78. The molecule has 0 spiro atoms. The molecule has 3 nitrogen and oxygen atoms in total. The van der Waals surface area contributed by atoms with Crippen LogP contribution in [0.3, 0.4) is 0 Å². The first kappa shape index (κ1) is 14.4. The number of amides is 1. The van der Waals surface area contributed by atoms with Gasteiger partial charge in [-0.15, -0.1) is 0 Å². The highest BCUT2D eigenvalue weighted by Crippen LogP contribution is 2.20. The summed E-state index contributed by atoms with van der Waals surface area (Å²) in [6, 6.07) is 5.31. The minimum atomic E-state index is -0.513. The molecule has 1 rings (SSSR count). The number of hydrogen-bond donors (Lipinski definition) is 2. The van der Waals surface area contributed by atoms with Crippen LogP contribution < -0.4 is 11.1 Å². The molecule has 0 aliphatic rings. The van der Waals surface area contributed by atoms with E-state index in [1.165, 1.54) is 5.56 Å². The Morgan fingerprint density at radius 2 is 2.00 bits per heavy atom. The van der Waals surface area contributed by atoms with Crippen molar-refractivity contribution in [1.82, 2.24) is 0 Å². The van der Waals surface area contributed by atoms with Crippen LogP contribution in [0, 0.1) is 15.9 Å². The number of aryl methyl sites for hydroxylation is 1. The topological polar surface area (TPSA) is 55.1 Å². The van der Waals surface area contributed by atoms with Gasteiger partial charge in [-0.05, 0) is 52.6 Å². The second-order valence-corrected chi connectivity index (χ2v) is 6.46. The quantitative estimate of drug-likeness (QED) is 0.809. The Kier molecular flexibility index (Phi) is 4.55. The van der Waals surface area contributed by atoms with Crippen LogP contribution in [0.2, 0.25) is 0 Å². The van der Waals surface area contributed by atoms with Gasteiger partial charge in [0.2, 0.25) is 5.91 Å². The van der Waals surface area contributed by atoms with Crippen molar-refractivity contribution in [3.05, 3.63) is 27.3 Å². The highest BCUT2D eigenvalue weighted by Gasteiger charge is 2.27. The SMILES string of the molecule is Cc1ccc(NC(=O)[C@H](N)C(C)(C)C)cc1I. The summed E-state index contributed by atoms with van der Waals surface area (Å²) in [5.41, 5.74) is 7.66. The summed E-state index contributed by atoms with van der Waals surface area (Å²) in [5.74, 6) is -0.142. The number of carbonyl (C=O) groups is 1. The van der Waals surface area contributed by atoms with Crippen LogP contribution in [0.25, 0.3) is 0 Å². The van der Waals surface area contributed by atoms with Crippen molar-refractivity contribution in [2.24, 2.45) is 11.1 Å². The summed E-state index contributed by atoms with van der Waals surface area (Å²) in [5, 5.41) is 2.85. The molecule has 0 saturated heterocycles. The second kappa shape index (κ2) is 5.35. The minimum Gasteiger partial charge on any atom is -0.325 e. The van der Waals surface area contributed by atoms with Crippen LogP contribution in [0.5, 0.6) is 0 Å². The average Bonchev–Trinajstić information content (AvgIpc) is 2.21. The van der Waals surface area contributed by atoms with E-state index in [4.69, 9.17) is 5.73 Å². The maximum atomic E-state index is 11.9. The normalized spacial score (nSPS) is 13.3. The zero-order valence-electron chi connectivity index (χ0n) is 10.7. The highest BCUT2D eigenvalue weighted by atomic mass is 127. The number of hydrogen-bond acceptors (Lipinski definition) is 2. The molecule has 4 heteroatoms. The molecule has 0 unspecified atom stereocenters. The van der Waals surface area contributed by atoms with Crippen LogP contribution >= 0.6 is 22.6 Å². The van der Waals surface area contributed by atoms with Gasteiger partial charge in [-0.2, -0.15) is 0 Å². The van der Waals surface area contributed by atoms with Crippen molar-refractivity contribution in [2.75, 3.05) is 5.32 Å². The molecule has 1 amide bonds. The molecule has 94 valence electrons. The monoisotopic (exact) mass is 346 g/mol. The number of rotatable bonds is 2. The molecule has 0 aliphatic carbocycles. The van der Waals surface area contributed by atoms with Crippen molar-refractivity contribution in [3.8, 4) is 0 Å². The Morgan fingerprint density at radius 3 is 2.47 bits per heavy atom. The summed E-state index contributed by atoms with van der Waals surface area (Å²) in [6.45, 7) is 7.90. The van der Waals surface area contributed by atoms with Crippen LogP contribution in [0.1, 0.15) is 26.3 Å². The van der Waals surface area contributed by atoms with Crippen molar-refractivity contribution in [1.29, 1.82) is 0 Å². The van der Waals surface area contributed by atoms with Crippen molar-refractivity contribution >= 4 is 34.2 Å². The lowest BCUT2D eigenvalue weighted by Crippen LogP contribution is -2.45. The van der Waals surface area contributed by atoms with Crippen LogP contribution in [-0.4, -0.2) is 11.9 Å². The van der Waals surface area contributed by atoms with E-state index in [0.29, 0.717) is 0 Å². The maximum absolute atomic E-state index is 11.9. The Labute approximate surface area is 116 Å². The highest BCUT2D eigenvalue weighted by molar-refractivity contribution is 14.1. The first-order chi connectivity index (χ1) is 7.71. The number of nitrogens with two attached hydrogens (primary N) is 1. The summed E-state index contributed by atoms with van der Waals surface area (Å²) >= 11 is 2.25. The summed E-state index contributed by atoms with van der Waals surface area (Å²) < 4.78 is 1.13. The molecular weight excluding hydrogens is 327 g/mol. The lowest BCUT2D eigenvalue weighted by Gasteiger charge is -2.25. The van der Waals surface area contributed by atoms with E-state index >= 15 is 0 Å². The number of nitrogens with one attached hydrogen (secondary N) is 1. The number of anilines is 1. The third-order valence-corrected chi connectivity index (χ3v) is 3.82. The molecule has 1 atom stereocenters. The first-order valence-electron chi connectivity index (χ1n) is 5.54. The van der Waals surface area contributed by atoms with Gasteiger partial charge in [0.05, 0.1) is 6.04 Å². The van der Waals surface area contributed by atoms with E-state index in [1.807, 2.05) is 45.9 Å². The summed E-state index contributed by atoms with van der Waals surface area (Å²) in [4.78, 5) is 11.9. The van der Waals surface area contributed by atoms with Crippen molar-refractivity contribution < 1.29 is 4.79 Å². The fourth-order valence-electron chi connectivity index (χ4n) is 1.28. The van der Waals surface area contributed by atoms with E-state index in [0.717, 1.165) is 9.26 Å². The molecule has 1 aromatic rings. The van der Waals surface area contributed by atoms with Crippen molar-refractivity contribution in [2.45, 2.75) is 33.7 Å². The van der Waals surface area contributed by atoms with Crippen LogP contribution in [0.15, 0.2) is 18.2 Å². The van der Waals surface area contributed by atoms with E-state index < -0.39 is 6.04 Å². The molecule has 0 fully saturated rings. The predicted molar refractivity (Wildman–Crippen MR) is 80.0 cm³/mol. The standard InChI is InChI=1S/C13H19IN2O/c1-8-5-6-9(7-10(8)14)16-12(17)11(15)13(2,3)4/h5-7,11H,15H2,1-4H3,(H,16,17)/t11-/m0/s1. The number of halogens is 1. The Bertz CT molecular complexity index is 424. The van der Waals surface area contributed by atoms with Crippen molar-refractivity contribution in [3.63, 3.8) is 0 Å². The Hall–Kier alpha value is -0.620.